The predicted molar refractivity (Wildman–Crippen MR) is 71.1 cm³/mol. The lowest BCUT2D eigenvalue weighted by Crippen LogP contribution is -2.01. The lowest BCUT2D eigenvalue weighted by Gasteiger charge is -2.06. The number of rotatable bonds is 3. The molecular weight excluding hydrogens is 342 g/mol. The van der Waals surface area contributed by atoms with Gasteiger partial charge in [0, 0.05) is 5.69 Å². The summed E-state index contributed by atoms with van der Waals surface area (Å²) in [5, 5.41) is 13.4. The Morgan fingerprint density at radius 2 is 2.21 bits per heavy atom. The average molecular weight is 348 g/mol. The van der Waals surface area contributed by atoms with Gasteiger partial charge in [-0.3, -0.25) is 10.1 Å². The van der Waals surface area contributed by atoms with Gasteiger partial charge in [-0.1, -0.05) is 0 Å². The van der Waals surface area contributed by atoms with E-state index < -0.39 is 10.7 Å². The van der Waals surface area contributed by atoms with E-state index >= 15 is 0 Å². The molecule has 0 aliphatic rings. The molecule has 2 rings (SSSR count). The summed E-state index contributed by atoms with van der Waals surface area (Å²) in [6.45, 7) is 0. The van der Waals surface area contributed by atoms with Crippen LogP contribution in [0.2, 0.25) is 5.28 Å². The van der Waals surface area contributed by atoms with Crippen molar-refractivity contribution in [1.82, 2.24) is 9.97 Å². The molecule has 1 N–H and O–H groups in total. The van der Waals surface area contributed by atoms with Crippen molar-refractivity contribution >= 4 is 44.7 Å². The third-order valence-corrected chi connectivity index (χ3v) is 2.91. The first-order valence-electron chi connectivity index (χ1n) is 4.86. The molecule has 0 spiro atoms. The van der Waals surface area contributed by atoms with Crippen molar-refractivity contribution in [3.05, 3.63) is 50.1 Å². The van der Waals surface area contributed by atoms with Crippen molar-refractivity contribution in [3.63, 3.8) is 0 Å². The molecule has 0 fully saturated rings. The molecule has 19 heavy (non-hydrogen) atoms. The summed E-state index contributed by atoms with van der Waals surface area (Å²) in [4.78, 5) is 17.4. The number of nitro groups is 1. The highest BCUT2D eigenvalue weighted by atomic mass is 79.9. The van der Waals surface area contributed by atoms with Crippen LogP contribution < -0.4 is 5.32 Å². The van der Waals surface area contributed by atoms with E-state index in [1.807, 2.05) is 0 Å². The predicted octanol–water partition coefficient (Wildman–Crippen LogP) is 3.68. The molecule has 0 unspecified atom stereocenters. The number of nitrogens with one attached hydrogen (secondary N) is 1. The lowest BCUT2D eigenvalue weighted by atomic mass is 10.3. The van der Waals surface area contributed by atoms with Gasteiger partial charge in [-0.05, 0) is 45.7 Å². The molecule has 0 bridgehead atoms. The first-order chi connectivity index (χ1) is 8.97. The highest BCUT2D eigenvalue weighted by Gasteiger charge is 2.17. The molecule has 1 aromatic heterocycles. The van der Waals surface area contributed by atoms with E-state index in [9.17, 15) is 14.5 Å². The van der Waals surface area contributed by atoms with E-state index in [0.29, 0.717) is 5.69 Å². The maximum atomic E-state index is 13.1. The Balaban J connectivity index is 2.39. The second-order valence-electron chi connectivity index (χ2n) is 3.38. The highest BCUT2D eigenvalue weighted by Crippen LogP contribution is 2.27. The van der Waals surface area contributed by atoms with Gasteiger partial charge in [0.1, 0.15) is 12.0 Å². The number of hydrogen-bond donors (Lipinski definition) is 1. The molecule has 0 aliphatic carbocycles. The van der Waals surface area contributed by atoms with Crippen molar-refractivity contribution in [2.75, 3.05) is 5.32 Å². The largest absolute Gasteiger partial charge is 0.334 e. The summed E-state index contributed by atoms with van der Waals surface area (Å²) in [6, 6.07) is 4.05. The summed E-state index contributed by atoms with van der Waals surface area (Å²) in [6.07, 6.45) is 0.996. The number of benzene rings is 1. The van der Waals surface area contributed by atoms with Crippen molar-refractivity contribution in [2.24, 2.45) is 0 Å². The molecular formula is C10H5BrClFN4O2. The van der Waals surface area contributed by atoms with E-state index in [-0.39, 0.29) is 21.3 Å². The van der Waals surface area contributed by atoms with E-state index in [1.165, 1.54) is 18.2 Å². The SMILES string of the molecule is O=[N+]([O-])c1cnc(Cl)nc1Nc1ccc(F)c(Br)c1. The second kappa shape index (κ2) is 5.45. The third kappa shape index (κ3) is 3.15. The van der Waals surface area contributed by atoms with Crippen LogP contribution >= 0.6 is 27.5 Å². The summed E-state index contributed by atoms with van der Waals surface area (Å²) < 4.78 is 13.3. The molecule has 98 valence electrons. The summed E-state index contributed by atoms with van der Waals surface area (Å²) in [5.41, 5.74) is 0.0935. The normalized spacial score (nSPS) is 10.3. The van der Waals surface area contributed by atoms with Crippen molar-refractivity contribution in [2.45, 2.75) is 0 Å². The van der Waals surface area contributed by atoms with Gasteiger partial charge in [-0.15, -0.1) is 0 Å². The third-order valence-electron chi connectivity index (χ3n) is 2.12. The molecule has 0 saturated heterocycles. The quantitative estimate of drug-likeness (QED) is 0.520. The maximum absolute atomic E-state index is 13.1. The Morgan fingerprint density at radius 1 is 1.47 bits per heavy atom. The number of halogens is 3. The fraction of sp³-hybridized carbons (Fsp3) is 0. The molecule has 9 heteroatoms. The van der Waals surface area contributed by atoms with Crippen molar-refractivity contribution < 1.29 is 9.31 Å². The topological polar surface area (TPSA) is 81.0 Å². The number of hydrogen-bond acceptors (Lipinski definition) is 5. The van der Waals surface area contributed by atoms with Crippen LogP contribution in [0.15, 0.2) is 28.9 Å². The fourth-order valence-corrected chi connectivity index (χ4v) is 1.80. The van der Waals surface area contributed by atoms with E-state index in [1.54, 1.807) is 0 Å². The summed E-state index contributed by atoms with van der Waals surface area (Å²) in [5.74, 6) is -0.510. The monoisotopic (exact) mass is 346 g/mol. The van der Waals surface area contributed by atoms with Gasteiger partial charge >= 0.3 is 5.69 Å². The molecule has 0 radical (unpaired) electrons. The number of aromatic nitrogens is 2. The Bertz CT molecular complexity index is 655. The lowest BCUT2D eigenvalue weighted by molar-refractivity contribution is -0.384. The average Bonchev–Trinajstić information content (AvgIpc) is 2.33. The van der Waals surface area contributed by atoms with Gasteiger partial charge in [0.25, 0.3) is 0 Å². The van der Waals surface area contributed by atoms with Crippen LogP contribution in [0.5, 0.6) is 0 Å². The van der Waals surface area contributed by atoms with E-state index in [4.69, 9.17) is 11.6 Å². The van der Waals surface area contributed by atoms with Crippen molar-refractivity contribution in [1.29, 1.82) is 0 Å². The molecule has 0 saturated carbocycles. The van der Waals surface area contributed by atoms with Gasteiger partial charge in [0.05, 0.1) is 9.40 Å². The zero-order valence-electron chi connectivity index (χ0n) is 9.10. The Labute approximate surface area is 119 Å². The minimum Gasteiger partial charge on any atom is -0.334 e. The van der Waals surface area contributed by atoms with Crippen LogP contribution in [0.25, 0.3) is 0 Å². The summed E-state index contributed by atoms with van der Waals surface area (Å²) in [7, 11) is 0. The fourth-order valence-electron chi connectivity index (χ4n) is 1.29. The van der Waals surface area contributed by atoms with Crippen molar-refractivity contribution in [3.8, 4) is 0 Å². The minimum absolute atomic E-state index is 0.0662. The molecule has 1 heterocycles. The van der Waals surface area contributed by atoms with Gasteiger partial charge in [0.2, 0.25) is 11.1 Å². The van der Waals surface area contributed by atoms with Crippen LogP contribution in [0.4, 0.5) is 21.6 Å². The maximum Gasteiger partial charge on any atom is 0.329 e. The number of nitrogens with zero attached hydrogens (tertiary/aromatic N) is 3. The van der Waals surface area contributed by atoms with Gasteiger partial charge in [-0.25, -0.2) is 9.37 Å². The molecule has 0 aliphatic heterocycles. The standard InChI is InChI=1S/C10H5BrClFN4O2/c11-6-3-5(1-2-7(6)13)15-9-8(17(18)19)4-14-10(12)16-9/h1-4H,(H,14,15,16). The summed E-state index contributed by atoms with van der Waals surface area (Å²) >= 11 is 8.60. The first kappa shape index (κ1) is 13.6. The van der Waals surface area contributed by atoms with Gasteiger partial charge in [0.15, 0.2) is 0 Å². The molecule has 2 aromatic rings. The Kier molecular flexibility index (Phi) is 3.91. The zero-order valence-corrected chi connectivity index (χ0v) is 11.4. The smallest absolute Gasteiger partial charge is 0.329 e. The molecule has 1 aromatic carbocycles. The van der Waals surface area contributed by atoms with Crippen LogP contribution in [0, 0.1) is 15.9 Å². The number of anilines is 2. The van der Waals surface area contributed by atoms with E-state index in [2.05, 4.69) is 31.2 Å². The van der Waals surface area contributed by atoms with Crippen LogP contribution in [-0.2, 0) is 0 Å². The molecule has 0 atom stereocenters. The zero-order chi connectivity index (χ0) is 14.0. The highest BCUT2D eigenvalue weighted by molar-refractivity contribution is 9.10. The second-order valence-corrected chi connectivity index (χ2v) is 4.58. The van der Waals surface area contributed by atoms with Gasteiger partial charge < -0.3 is 5.32 Å². The Hall–Kier alpha value is -1.80. The first-order valence-corrected chi connectivity index (χ1v) is 6.03. The minimum atomic E-state index is -0.642. The van der Waals surface area contributed by atoms with Gasteiger partial charge in [-0.2, -0.15) is 4.98 Å². The van der Waals surface area contributed by atoms with Crippen LogP contribution in [0.3, 0.4) is 0 Å². The van der Waals surface area contributed by atoms with E-state index in [0.717, 1.165) is 6.20 Å². The molecule has 6 nitrogen and oxygen atoms in total. The van der Waals surface area contributed by atoms with Crippen LogP contribution in [-0.4, -0.2) is 14.9 Å². The Morgan fingerprint density at radius 3 is 2.84 bits per heavy atom. The molecule has 0 amide bonds. The van der Waals surface area contributed by atoms with Crippen LogP contribution in [0.1, 0.15) is 0 Å².